The van der Waals surface area contributed by atoms with Crippen LogP contribution in [-0.4, -0.2) is 15.8 Å². The monoisotopic (exact) mass is 483 g/mol. The van der Waals surface area contributed by atoms with Gasteiger partial charge in [-0.05, 0) is 58.3 Å². The molecule has 7 heteroatoms. The second-order valence-electron chi connectivity index (χ2n) is 8.32. The average molecular weight is 484 g/mol. The molecule has 5 aromatic rings. The number of furan rings is 1. The van der Waals surface area contributed by atoms with Gasteiger partial charge in [0.2, 0.25) is 11.5 Å². The van der Waals surface area contributed by atoms with Crippen molar-refractivity contribution in [2.24, 2.45) is 0 Å². The van der Waals surface area contributed by atoms with Crippen molar-refractivity contribution < 1.29 is 9.21 Å². The van der Waals surface area contributed by atoms with Crippen molar-refractivity contribution in [1.82, 2.24) is 15.2 Å². The van der Waals surface area contributed by atoms with E-state index in [0.717, 1.165) is 32.7 Å². The Morgan fingerprint density at radius 3 is 2.63 bits per heavy atom. The van der Waals surface area contributed by atoms with Gasteiger partial charge in [-0.15, -0.1) is 11.3 Å². The van der Waals surface area contributed by atoms with Crippen molar-refractivity contribution in [2.45, 2.75) is 25.7 Å². The highest BCUT2D eigenvalue weighted by Crippen LogP contribution is 2.22. The van der Waals surface area contributed by atoms with Crippen molar-refractivity contribution in [2.75, 3.05) is 0 Å². The van der Waals surface area contributed by atoms with E-state index in [4.69, 9.17) is 4.42 Å². The van der Waals surface area contributed by atoms with Crippen LogP contribution in [0.3, 0.4) is 0 Å². The van der Waals surface area contributed by atoms with Crippen LogP contribution in [0.15, 0.2) is 106 Å². The van der Waals surface area contributed by atoms with E-state index in [2.05, 4.69) is 10.3 Å². The molecule has 2 aromatic carbocycles. The van der Waals surface area contributed by atoms with Crippen LogP contribution in [-0.2, 0) is 24.4 Å². The number of aromatic amines is 1. The van der Waals surface area contributed by atoms with Crippen molar-refractivity contribution in [1.29, 1.82) is 0 Å². The number of nitrogens with one attached hydrogen (secondary N) is 2. The lowest BCUT2D eigenvalue weighted by atomic mass is 10.0. The molecule has 0 unspecified atom stereocenters. The zero-order chi connectivity index (χ0) is 24.0. The molecule has 35 heavy (non-hydrogen) atoms. The van der Waals surface area contributed by atoms with Gasteiger partial charge in [0.15, 0.2) is 0 Å². The van der Waals surface area contributed by atoms with Crippen LogP contribution in [0.5, 0.6) is 0 Å². The zero-order valence-electron chi connectivity index (χ0n) is 19.0. The molecule has 3 heterocycles. The number of amides is 1. The van der Waals surface area contributed by atoms with Gasteiger partial charge in [0.1, 0.15) is 11.8 Å². The molecule has 0 bridgehead atoms. The Labute approximate surface area is 206 Å². The number of thiophene rings is 1. The standard InChI is InChI=1S/C28H25N3O3S/c32-26-13-11-22-16-20(10-12-25(22)30-26)17-29-27(21-6-2-1-3-7-21)28(33)31(18-23-8-4-14-34-23)19-24-9-5-15-35-24/h1-16,27,29H,17-19H2,(H,30,32)/t27-/m0/s1. The minimum absolute atomic E-state index is 0.0221. The number of aromatic nitrogens is 1. The second-order valence-corrected chi connectivity index (χ2v) is 9.35. The molecular weight excluding hydrogens is 458 g/mol. The molecule has 0 aliphatic rings. The Hall–Kier alpha value is -3.94. The highest BCUT2D eigenvalue weighted by molar-refractivity contribution is 7.09. The van der Waals surface area contributed by atoms with Crippen molar-refractivity contribution in [3.63, 3.8) is 0 Å². The molecule has 5 rings (SSSR count). The fourth-order valence-electron chi connectivity index (χ4n) is 4.10. The summed E-state index contributed by atoms with van der Waals surface area (Å²) >= 11 is 1.63. The average Bonchev–Trinajstić information content (AvgIpc) is 3.59. The molecule has 0 aliphatic carbocycles. The molecule has 0 spiro atoms. The number of fused-ring (bicyclic) bond motifs is 1. The first kappa shape index (κ1) is 22.8. The number of carbonyl (C=O) groups is 1. The van der Waals surface area contributed by atoms with Gasteiger partial charge in [-0.2, -0.15) is 0 Å². The maximum Gasteiger partial charge on any atom is 0.248 e. The van der Waals surface area contributed by atoms with Gasteiger partial charge in [-0.3, -0.25) is 14.9 Å². The first-order valence-electron chi connectivity index (χ1n) is 11.4. The molecule has 3 aromatic heterocycles. The summed E-state index contributed by atoms with van der Waals surface area (Å²) in [6.07, 6.45) is 1.63. The van der Waals surface area contributed by atoms with Crippen LogP contribution < -0.4 is 10.9 Å². The smallest absolute Gasteiger partial charge is 0.248 e. The van der Waals surface area contributed by atoms with E-state index in [1.165, 1.54) is 6.07 Å². The number of nitrogens with zero attached hydrogens (tertiary/aromatic N) is 1. The normalized spacial score (nSPS) is 12.0. The highest BCUT2D eigenvalue weighted by Gasteiger charge is 2.27. The minimum atomic E-state index is -0.530. The van der Waals surface area contributed by atoms with Gasteiger partial charge in [0, 0.05) is 23.0 Å². The number of hydrogen-bond acceptors (Lipinski definition) is 5. The summed E-state index contributed by atoms with van der Waals surface area (Å²) in [6.45, 7) is 1.39. The van der Waals surface area contributed by atoms with Crippen molar-refractivity contribution in [3.05, 3.63) is 129 Å². The molecule has 2 N–H and O–H groups in total. The lowest BCUT2D eigenvalue weighted by Gasteiger charge is -2.27. The molecule has 1 amide bonds. The van der Waals surface area contributed by atoms with Gasteiger partial charge in [0.05, 0.1) is 19.4 Å². The van der Waals surface area contributed by atoms with E-state index in [1.807, 2.05) is 89.1 Å². The lowest BCUT2D eigenvalue weighted by Crippen LogP contribution is -2.40. The highest BCUT2D eigenvalue weighted by atomic mass is 32.1. The van der Waals surface area contributed by atoms with Crippen molar-refractivity contribution in [3.8, 4) is 0 Å². The van der Waals surface area contributed by atoms with Crippen LogP contribution in [0.25, 0.3) is 10.9 Å². The predicted molar refractivity (Wildman–Crippen MR) is 138 cm³/mol. The Kier molecular flexibility index (Phi) is 6.88. The quantitative estimate of drug-likeness (QED) is 0.300. The number of carbonyl (C=O) groups excluding carboxylic acids is 1. The Balaban J connectivity index is 1.41. The lowest BCUT2D eigenvalue weighted by molar-refractivity contribution is -0.135. The third-order valence-electron chi connectivity index (χ3n) is 5.84. The van der Waals surface area contributed by atoms with Gasteiger partial charge < -0.3 is 14.3 Å². The van der Waals surface area contributed by atoms with Crippen LogP contribution in [0.2, 0.25) is 0 Å². The number of benzene rings is 2. The number of H-pyrrole nitrogens is 1. The van der Waals surface area contributed by atoms with Crippen LogP contribution in [0.4, 0.5) is 0 Å². The summed E-state index contributed by atoms with van der Waals surface area (Å²) < 4.78 is 5.56. The molecule has 1 atom stereocenters. The second kappa shape index (κ2) is 10.5. The SMILES string of the molecule is O=C([C@@H](NCc1ccc2[nH]c(=O)ccc2c1)c1ccccc1)N(Cc1ccco1)Cc1cccs1. The van der Waals surface area contributed by atoms with E-state index >= 15 is 0 Å². The molecule has 0 aliphatic heterocycles. The van der Waals surface area contributed by atoms with E-state index < -0.39 is 6.04 Å². The summed E-state index contributed by atoms with van der Waals surface area (Å²) in [5.41, 5.74) is 2.59. The molecule has 0 saturated heterocycles. The molecule has 176 valence electrons. The first-order chi connectivity index (χ1) is 17.2. The molecular formula is C28H25N3O3S. The molecule has 6 nitrogen and oxygen atoms in total. The Bertz CT molecular complexity index is 1410. The van der Waals surface area contributed by atoms with Crippen LogP contribution in [0.1, 0.15) is 27.8 Å². The van der Waals surface area contributed by atoms with Crippen LogP contribution >= 0.6 is 11.3 Å². The van der Waals surface area contributed by atoms with Gasteiger partial charge >= 0.3 is 0 Å². The van der Waals surface area contributed by atoms with Gasteiger partial charge in [0.25, 0.3) is 0 Å². The van der Waals surface area contributed by atoms with E-state index in [9.17, 15) is 9.59 Å². The maximum atomic E-state index is 14.0. The Morgan fingerprint density at radius 2 is 1.86 bits per heavy atom. The van der Waals surface area contributed by atoms with Crippen LogP contribution in [0, 0.1) is 0 Å². The summed E-state index contributed by atoms with van der Waals surface area (Å²) in [4.78, 5) is 31.3. The third-order valence-corrected chi connectivity index (χ3v) is 6.70. The van der Waals surface area contributed by atoms with E-state index in [1.54, 1.807) is 17.6 Å². The third kappa shape index (κ3) is 5.59. The fourth-order valence-corrected chi connectivity index (χ4v) is 4.82. The fraction of sp³-hybridized carbons (Fsp3) is 0.143. The first-order valence-corrected chi connectivity index (χ1v) is 12.3. The molecule has 0 saturated carbocycles. The molecule has 0 fully saturated rings. The minimum Gasteiger partial charge on any atom is -0.467 e. The molecule has 0 radical (unpaired) electrons. The summed E-state index contributed by atoms with van der Waals surface area (Å²) in [7, 11) is 0. The number of pyridine rings is 1. The number of rotatable bonds is 9. The zero-order valence-corrected chi connectivity index (χ0v) is 19.8. The maximum absolute atomic E-state index is 14.0. The summed E-state index contributed by atoms with van der Waals surface area (Å²) in [5, 5.41) is 6.44. The summed E-state index contributed by atoms with van der Waals surface area (Å²) in [6, 6.07) is 26.2. The number of hydrogen-bond donors (Lipinski definition) is 2. The topological polar surface area (TPSA) is 78.3 Å². The van der Waals surface area contributed by atoms with Gasteiger partial charge in [-0.1, -0.05) is 42.5 Å². The predicted octanol–water partition coefficient (Wildman–Crippen LogP) is 5.24. The largest absolute Gasteiger partial charge is 0.467 e. The van der Waals surface area contributed by atoms with E-state index in [-0.39, 0.29) is 11.5 Å². The Morgan fingerprint density at radius 1 is 0.971 bits per heavy atom. The van der Waals surface area contributed by atoms with Crippen molar-refractivity contribution >= 4 is 28.1 Å². The van der Waals surface area contributed by atoms with Gasteiger partial charge in [-0.25, -0.2) is 0 Å². The van der Waals surface area contributed by atoms with E-state index in [0.29, 0.717) is 19.6 Å². The summed E-state index contributed by atoms with van der Waals surface area (Å²) in [5.74, 6) is 0.719.